The molecule has 19 heavy (non-hydrogen) atoms. The Labute approximate surface area is 114 Å². The zero-order valence-corrected chi connectivity index (χ0v) is 11.9. The number of anilines is 2. The summed E-state index contributed by atoms with van der Waals surface area (Å²) in [5, 5.41) is 5.62. The summed E-state index contributed by atoms with van der Waals surface area (Å²) in [6.45, 7) is 3.24. The van der Waals surface area contributed by atoms with Crippen molar-refractivity contribution >= 4 is 22.1 Å². The lowest BCUT2D eigenvalue weighted by atomic mass is 10.1. The minimum Gasteiger partial charge on any atom is -0.397 e. The molecular weight excluding hydrogens is 236 g/mol. The Morgan fingerprint density at radius 3 is 2.84 bits per heavy atom. The molecule has 4 heteroatoms. The highest BCUT2D eigenvalue weighted by molar-refractivity contribution is 5.98. The van der Waals surface area contributed by atoms with Gasteiger partial charge in [0, 0.05) is 29.2 Å². The molecule has 0 saturated carbocycles. The predicted octanol–water partition coefficient (Wildman–Crippen LogP) is 2.57. The van der Waals surface area contributed by atoms with E-state index in [1.54, 1.807) is 6.20 Å². The van der Waals surface area contributed by atoms with Gasteiger partial charge in [0.15, 0.2) is 0 Å². The van der Waals surface area contributed by atoms with Crippen molar-refractivity contribution < 1.29 is 0 Å². The number of benzene rings is 1. The van der Waals surface area contributed by atoms with Gasteiger partial charge in [0.05, 0.1) is 11.4 Å². The standard InChI is InChI=1S/C15H22N4/c1-11(7-9-19(2)3)18-14-5-4-12-10-17-8-6-13(12)15(14)16/h4-6,8,10-11,18H,7,9,16H2,1-3H3. The Hall–Kier alpha value is -1.81. The van der Waals surface area contributed by atoms with Crippen LogP contribution < -0.4 is 11.1 Å². The van der Waals surface area contributed by atoms with Crippen LogP contribution in [0.5, 0.6) is 0 Å². The van der Waals surface area contributed by atoms with Crippen LogP contribution in [0.2, 0.25) is 0 Å². The van der Waals surface area contributed by atoms with E-state index in [0.717, 1.165) is 35.1 Å². The summed E-state index contributed by atoms with van der Waals surface area (Å²) < 4.78 is 0. The zero-order valence-electron chi connectivity index (χ0n) is 11.9. The first kappa shape index (κ1) is 13.6. The lowest BCUT2D eigenvalue weighted by Gasteiger charge is -2.19. The molecule has 0 aliphatic heterocycles. The summed E-state index contributed by atoms with van der Waals surface area (Å²) in [5.74, 6) is 0. The number of nitrogens with one attached hydrogen (secondary N) is 1. The Morgan fingerprint density at radius 2 is 2.11 bits per heavy atom. The summed E-state index contributed by atoms with van der Waals surface area (Å²) in [5.41, 5.74) is 8.03. The van der Waals surface area contributed by atoms with E-state index in [9.17, 15) is 0 Å². The van der Waals surface area contributed by atoms with Crippen LogP contribution in [0.1, 0.15) is 13.3 Å². The van der Waals surface area contributed by atoms with Gasteiger partial charge in [-0.25, -0.2) is 0 Å². The van der Waals surface area contributed by atoms with Crippen molar-refractivity contribution in [2.45, 2.75) is 19.4 Å². The average molecular weight is 258 g/mol. The molecule has 1 unspecified atom stereocenters. The molecule has 1 aromatic carbocycles. The maximum absolute atomic E-state index is 6.22. The van der Waals surface area contributed by atoms with Gasteiger partial charge in [-0.2, -0.15) is 0 Å². The molecule has 4 nitrogen and oxygen atoms in total. The van der Waals surface area contributed by atoms with E-state index in [1.165, 1.54) is 0 Å². The molecular formula is C15H22N4. The third-order valence-corrected chi connectivity index (χ3v) is 3.27. The highest BCUT2D eigenvalue weighted by atomic mass is 15.1. The number of hydrogen-bond donors (Lipinski definition) is 2. The van der Waals surface area contributed by atoms with Crippen LogP contribution in [-0.4, -0.2) is 36.6 Å². The van der Waals surface area contributed by atoms with E-state index >= 15 is 0 Å². The Balaban J connectivity index is 2.14. The van der Waals surface area contributed by atoms with Crippen LogP contribution in [0.15, 0.2) is 30.6 Å². The summed E-state index contributed by atoms with van der Waals surface area (Å²) in [7, 11) is 4.17. The first-order valence-corrected chi connectivity index (χ1v) is 6.61. The minimum absolute atomic E-state index is 0.393. The molecule has 0 aliphatic rings. The third kappa shape index (κ3) is 3.35. The van der Waals surface area contributed by atoms with Gasteiger partial charge in [0.1, 0.15) is 0 Å². The van der Waals surface area contributed by atoms with Gasteiger partial charge in [-0.05, 0) is 46.1 Å². The smallest absolute Gasteiger partial charge is 0.0630 e. The molecule has 2 aromatic rings. The van der Waals surface area contributed by atoms with Crippen molar-refractivity contribution in [3.63, 3.8) is 0 Å². The molecule has 0 aliphatic carbocycles. The zero-order chi connectivity index (χ0) is 13.8. The van der Waals surface area contributed by atoms with Crippen molar-refractivity contribution in [3.05, 3.63) is 30.6 Å². The number of hydrogen-bond acceptors (Lipinski definition) is 4. The van der Waals surface area contributed by atoms with Crippen molar-refractivity contribution in [1.82, 2.24) is 9.88 Å². The molecule has 0 bridgehead atoms. The van der Waals surface area contributed by atoms with Crippen LogP contribution in [0.25, 0.3) is 10.8 Å². The number of nitrogen functional groups attached to an aromatic ring is 1. The van der Waals surface area contributed by atoms with Crippen LogP contribution in [0.4, 0.5) is 11.4 Å². The fraction of sp³-hybridized carbons (Fsp3) is 0.400. The van der Waals surface area contributed by atoms with Gasteiger partial charge in [-0.3, -0.25) is 4.98 Å². The van der Waals surface area contributed by atoms with Crippen LogP contribution in [0, 0.1) is 0 Å². The second-order valence-electron chi connectivity index (χ2n) is 5.26. The van der Waals surface area contributed by atoms with Crippen molar-refractivity contribution in [1.29, 1.82) is 0 Å². The lowest BCUT2D eigenvalue weighted by molar-refractivity contribution is 0.390. The minimum atomic E-state index is 0.393. The number of nitrogens with two attached hydrogens (primary N) is 1. The first-order chi connectivity index (χ1) is 9.08. The molecule has 102 valence electrons. The first-order valence-electron chi connectivity index (χ1n) is 6.61. The van der Waals surface area contributed by atoms with Gasteiger partial charge >= 0.3 is 0 Å². The average Bonchev–Trinajstić information content (AvgIpc) is 2.40. The highest BCUT2D eigenvalue weighted by Crippen LogP contribution is 2.28. The van der Waals surface area contributed by atoms with E-state index in [1.807, 2.05) is 18.3 Å². The van der Waals surface area contributed by atoms with E-state index in [2.05, 4.69) is 42.3 Å². The molecule has 3 N–H and O–H groups in total. The van der Waals surface area contributed by atoms with Gasteiger partial charge in [0.25, 0.3) is 0 Å². The monoisotopic (exact) mass is 258 g/mol. The second-order valence-corrected chi connectivity index (χ2v) is 5.26. The molecule has 0 spiro atoms. The summed E-state index contributed by atoms with van der Waals surface area (Å²) in [6.07, 6.45) is 4.70. The third-order valence-electron chi connectivity index (χ3n) is 3.27. The molecule has 0 saturated heterocycles. The number of nitrogens with zero attached hydrogens (tertiary/aromatic N) is 2. The summed E-state index contributed by atoms with van der Waals surface area (Å²) >= 11 is 0. The van der Waals surface area contributed by atoms with Crippen molar-refractivity contribution in [2.75, 3.05) is 31.7 Å². The quantitative estimate of drug-likeness (QED) is 0.809. The summed E-state index contributed by atoms with van der Waals surface area (Å²) in [4.78, 5) is 6.30. The topological polar surface area (TPSA) is 54.2 Å². The molecule has 1 aromatic heterocycles. The number of pyridine rings is 1. The van der Waals surface area contributed by atoms with Gasteiger partial charge in [-0.15, -0.1) is 0 Å². The van der Waals surface area contributed by atoms with Gasteiger partial charge in [-0.1, -0.05) is 6.07 Å². The maximum atomic E-state index is 6.22. The fourth-order valence-electron chi connectivity index (χ4n) is 2.11. The molecule has 2 rings (SSSR count). The predicted molar refractivity (Wildman–Crippen MR) is 82.4 cm³/mol. The van der Waals surface area contributed by atoms with E-state index in [4.69, 9.17) is 5.73 Å². The number of aromatic nitrogens is 1. The summed E-state index contributed by atoms with van der Waals surface area (Å²) in [6, 6.07) is 6.44. The van der Waals surface area contributed by atoms with Gasteiger partial charge in [0.2, 0.25) is 0 Å². The Morgan fingerprint density at radius 1 is 1.32 bits per heavy atom. The highest BCUT2D eigenvalue weighted by Gasteiger charge is 2.08. The van der Waals surface area contributed by atoms with E-state index < -0.39 is 0 Å². The van der Waals surface area contributed by atoms with Crippen molar-refractivity contribution in [2.24, 2.45) is 0 Å². The molecule has 0 fully saturated rings. The number of fused-ring (bicyclic) bond motifs is 1. The van der Waals surface area contributed by atoms with Crippen molar-refractivity contribution in [3.8, 4) is 0 Å². The maximum Gasteiger partial charge on any atom is 0.0630 e. The van der Waals surface area contributed by atoms with E-state index in [0.29, 0.717) is 6.04 Å². The van der Waals surface area contributed by atoms with Gasteiger partial charge < -0.3 is 16.0 Å². The molecule has 0 amide bonds. The number of rotatable bonds is 5. The fourth-order valence-corrected chi connectivity index (χ4v) is 2.11. The lowest BCUT2D eigenvalue weighted by Crippen LogP contribution is -2.23. The molecule has 0 radical (unpaired) electrons. The normalized spacial score (nSPS) is 12.8. The largest absolute Gasteiger partial charge is 0.397 e. The van der Waals surface area contributed by atoms with Crippen LogP contribution in [-0.2, 0) is 0 Å². The molecule has 1 atom stereocenters. The SMILES string of the molecule is CC(CCN(C)C)Nc1ccc2cnccc2c1N. The van der Waals surface area contributed by atoms with E-state index in [-0.39, 0.29) is 0 Å². The Bertz CT molecular complexity index is 551. The second kappa shape index (κ2) is 5.89. The van der Waals surface area contributed by atoms with Crippen LogP contribution >= 0.6 is 0 Å². The van der Waals surface area contributed by atoms with Crippen LogP contribution in [0.3, 0.4) is 0 Å². The Kier molecular flexibility index (Phi) is 4.22. The molecule has 1 heterocycles.